The minimum Gasteiger partial charge on any atom is -0.481 e. The zero-order chi connectivity index (χ0) is 12.8. The molecule has 0 aliphatic rings. The average Bonchev–Trinajstić information content (AvgIpc) is 2.25. The van der Waals surface area contributed by atoms with Gasteiger partial charge in [0.2, 0.25) is 5.82 Å². The van der Waals surface area contributed by atoms with E-state index in [0.717, 1.165) is 6.07 Å². The predicted molar refractivity (Wildman–Crippen MR) is 57.0 cm³/mol. The van der Waals surface area contributed by atoms with Crippen LogP contribution in [0.5, 0.6) is 0 Å². The lowest BCUT2D eigenvalue weighted by Gasteiger charge is -2.04. The van der Waals surface area contributed by atoms with Crippen LogP contribution in [-0.4, -0.2) is 22.5 Å². The number of carbonyl (C=O) groups is 1. The molecule has 0 atom stereocenters. The highest BCUT2D eigenvalue weighted by Gasteiger charge is 2.16. The Hall–Kier alpha value is -2.02. The van der Waals surface area contributed by atoms with Gasteiger partial charge < -0.3 is 10.4 Å². The number of nitro groups is 1. The summed E-state index contributed by atoms with van der Waals surface area (Å²) in [6.07, 6.45) is -0.0868. The summed E-state index contributed by atoms with van der Waals surface area (Å²) >= 11 is 0. The highest BCUT2D eigenvalue weighted by molar-refractivity contribution is 5.66. The van der Waals surface area contributed by atoms with Crippen molar-refractivity contribution in [1.29, 1.82) is 0 Å². The smallest absolute Gasteiger partial charge is 0.305 e. The Morgan fingerprint density at radius 1 is 1.53 bits per heavy atom. The molecule has 0 fully saturated rings. The van der Waals surface area contributed by atoms with Crippen LogP contribution in [0, 0.1) is 15.9 Å². The van der Waals surface area contributed by atoms with Crippen molar-refractivity contribution in [1.82, 2.24) is 5.32 Å². The molecule has 0 aromatic heterocycles. The van der Waals surface area contributed by atoms with Crippen LogP contribution in [-0.2, 0) is 11.3 Å². The Bertz CT molecular complexity index is 436. The van der Waals surface area contributed by atoms with E-state index in [2.05, 4.69) is 5.32 Å². The number of nitro benzene ring substituents is 1. The van der Waals surface area contributed by atoms with E-state index in [0.29, 0.717) is 0 Å². The highest BCUT2D eigenvalue weighted by atomic mass is 19.1. The molecule has 0 spiro atoms. The number of hydrogen-bond donors (Lipinski definition) is 2. The topological polar surface area (TPSA) is 92.5 Å². The van der Waals surface area contributed by atoms with E-state index in [1.165, 1.54) is 12.1 Å². The molecule has 0 amide bonds. The number of rotatable bonds is 6. The van der Waals surface area contributed by atoms with Crippen LogP contribution in [0.1, 0.15) is 12.0 Å². The number of nitrogens with one attached hydrogen (secondary N) is 1. The molecule has 0 aliphatic heterocycles. The first kappa shape index (κ1) is 13.0. The summed E-state index contributed by atoms with van der Waals surface area (Å²) < 4.78 is 13.5. The Kier molecular flexibility index (Phi) is 4.53. The molecule has 17 heavy (non-hydrogen) atoms. The Labute approximate surface area is 96.2 Å². The van der Waals surface area contributed by atoms with Crippen molar-refractivity contribution >= 4 is 11.7 Å². The molecule has 1 rings (SSSR count). The number of benzene rings is 1. The lowest BCUT2D eigenvalue weighted by molar-refractivity contribution is -0.387. The molecule has 0 saturated heterocycles. The normalized spacial score (nSPS) is 10.2. The molecule has 92 valence electrons. The standard InChI is InChI=1S/C10H11FN2O4/c11-10-7(6-12-5-4-9(14)15)2-1-3-8(10)13(16)17/h1-3,12H,4-6H2,(H,14,15). The third kappa shape index (κ3) is 3.80. The molecular formula is C10H11FN2O4. The SMILES string of the molecule is O=C(O)CCNCc1cccc([N+](=O)[O-])c1F. The van der Waals surface area contributed by atoms with Crippen LogP contribution >= 0.6 is 0 Å². The first-order chi connectivity index (χ1) is 8.02. The van der Waals surface area contributed by atoms with Crippen LogP contribution in [0.3, 0.4) is 0 Å². The van der Waals surface area contributed by atoms with Gasteiger partial charge in [-0.15, -0.1) is 0 Å². The van der Waals surface area contributed by atoms with Gasteiger partial charge in [-0.05, 0) is 0 Å². The molecule has 0 radical (unpaired) electrons. The first-order valence-corrected chi connectivity index (χ1v) is 4.86. The van der Waals surface area contributed by atoms with E-state index in [9.17, 15) is 19.3 Å². The number of carboxylic acid groups (broad SMARTS) is 1. The monoisotopic (exact) mass is 242 g/mol. The minimum absolute atomic E-state index is 0.0563. The maximum atomic E-state index is 13.5. The summed E-state index contributed by atoms with van der Waals surface area (Å²) in [6.45, 7) is 0.234. The molecule has 6 nitrogen and oxygen atoms in total. The van der Waals surface area contributed by atoms with E-state index in [1.54, 1.807) is 0 Å². The predicted octanol–water partition coefficient (Wildman–Crippen LogP) is 1.30. The third-order valence-electron chi connectivity index (χ3n) is 2.09. The molecule has 0 saturated carbocycles. The maximum Gasteiger partial charge on any atom is 0.305 e. The number of halogens is 1. The molecular weight excluding hydrogens is 231 g/mol. The Balaban J connectivity index is 2.62. The van der Waals surface area contributed by atoms with Crippen molar-refractivity contribution in [2.24, 2.45) is 0 Å². The van der Waals surface area contributed by atoms with Crippen molar-refractivity contribution in [3.05, 3.63) is 39.7 Å². The fourth-order valence-corrected chi connectivity index (χ4v) is 1.26. The van der Waals surface area contributed by atoms with Crippen molar-refractivity contribution in [3.63, 3.8) is 0 Å². The van der Waals surface area contributed by atoms with Gasteiger partial charge in [0.25, 0.3) is 0 Å². The van der Waals surface area contributed by atoms with Gasteiger partial charge in [0.15, 0.2) is 0 Å². The van der Waals surface area contributed by atoms with E-state index < -0.39 is 22.4 Å². The van der Waals surface area contributed by atoms with Gasteiger partial charge in [0, 0.05) is 24.7 Å². The highest BCUT2D eigenvalue weighted by Crippen LogP contribution is 2.19. The summed E-state index contributed by atoms with van der Waals surface area (Å²) in [7, 11) is 0. The lowest BCUT2D eigenvalue weighted by Crippen LogP contribution is -2.18. The van der Waals surface area contributed by atoms with Crippen LogP contribution in [0.15, 0.2) is 18.2 Å². The van der Waals surface area contributed by atoms with Crippen LogP contribution < -0.4 is 5.32 Å². The van der Waals surface area contributed by atoms with Crippen molar-refractivity contribution in [2.45, 2.75) is 13.0 Å². The molecule has 0 heterocycles. The quantitative estimate of drug-likeness (QED) is 0.445. The van der Waals surface area contributed by atoms with Gasteiger partial charge in [-0.25, -0.2) is 0 Å². The fourth-order valence-electron chi connectivity index (χ4n) is 1.26. The largest absolute Gasteiger partial charge is 0.481 e. The second-order valence-electron chi connectivity index (χ2n) is 3.33. The van der Waals surface area contributed by atoms with Crippen LogP contribution in [0.25, 0.3) is 0 Å². The Morgan fingerprint density at radius 3 is 2.82 bits per heavy atom. The van der Waals surface area contributed by atoms with Gasteiger partial charge in [-0.3, -0.25) is 14.9 Å². The number of aliphatic carboxylic acids is 1. The van der Waals surface area contributed by atoms with Crippen molar-refractivity contribution in [3.8, 4) is 0 Å². The number of nitrogens with zero attached hydrogens (tertiary/aromatic N) is 1. The van der Waals surface area contributed by atoms with E-state index in [1.807, 2.05) is 0 Å². The molecule has 1 aromatic rings. The average molecular weight is 242 g/mol. The first-order valence-electron chi connectivity index (χ1n) is 4.86. The second kappa shape index (κ2) is 5.90. The molecule has 7 heteroatoms. The number of carboxylic acids is 1. The van der Waals surface area contributed by atoms with Gasteiger partial charge in [0.1, 0.15) is 0 Å². The lowest BCUT2D eigenvalue weighted by atomic mass is 10.2. The zero-order valence-electron chi connectivity index (χ0n) is 8.85. The summed E-state index contributed by atoms with van der Waals surface area (Å²) in [5.74, 6) is -1.85. The summed E-state index contributed by atoms with van der Waals surface area (Å²) in [4.78, 5) is 19.9. The zero-order valence-corrected chi connectivity index (χ0v) is 8.85. The van der Waals surface area contributed by atoms with Gasteiger partial charge in [-0.1, -0.05) is 12.1 Å². The van der Waals surface area contributed by atoms with Gasteiger partial charge >= 0.3 is 11.7 Å². The molecule has 0 aliphatic carbocycles. The summed E-state index contributed by atoms with van der Waals surface area (Å²) in [5.41, 5.74) is -0.438. The van der Waals surface area contributed by atoms with Crippen LogP contribution in [0.4, 0.5) is 10.1 Å². The van der Waals surface area contributed by atoms with E-state index >= 15 is 0 Å². The van der Waals surface area contributed by atoms with E-state index in [-0.39, 0.29) is 25.1 Å². The van der Waals surface area contributed by atoms with Gasteiger partial charge in [-0.2, -0.15) is 4.39 Å². The van der Waals surface area contributed by atoms with E-state index in [4.69, 9.17) is 5.11 Å². The molecule has 1 aromatic carbocycles. The molecule has 0 bridgehead atoms. The van der Waals surface area contributed by atoms with Gasteiger partial charge in [0.05, 0.1) is 11.3 Å². The van der Waals surface area contributed by atoms with Crippen LogP contribution in [0.2, 0.25) is 0 Å². The molecule has 2 N–H and O–H groups in total. The fraction of sp³-hybridized carbons (Fsp3) is 0.300. The minimum atomic E-state index is -0.961. The van der Waals surface area contributed by atoms with Crippen molar-refractivity contribution in [2.75, 3.05) is 6.54 Å². The summed E-state index contributed by atoms with van der Waals surface area (Å²) in [5, 5.41) is 21.5. The summed E-state index contributed by atoms with van der Waals surface area (Å²) in [6, 6.07) is 3.88. The number of hydrogen-bond acceptors (Lipinski definition) is 4. The third-order valence-corrected chi connectivity index (χ3v) is 2.09. The second-order valence-corrected chi connectivity index (χ2v) is 3.33. The molecule has 0 unspecified atom stereocenters. The Morgan fingerprint density at radius 2 is 2.24 bits per heavy atom. The maximum absolute atomic E-state index is 13.5. The van der Waals surface area contributed by atoms with Crippen molar-refractivity contribution < 1.29 is 19.2 Å².